The second-order valence-corrected chi connectivity index (χ2v) is 11.7. The first-order valence-electron chi connectivity index (χ1n) is 6.22. The van der Waals surface area contributed by atoms with Crippen LogP contribution < -0.4 is 5.73 Å². The van der Waals surface area contributed by atoms with Crippen molar-refractivity contribution in [2.24, 2.45) is 0 Å². The van der Waals surface area contributed by atoms with Crippen molar-refractivity contribution in [2.75, 3.05) is 12.3 Å². The molecule has 5 nitrogen and oxygen atoms in total. The predicted octanol–water partition coefficient (Wildman–Crippen LogP) is 2.98. The topological polar surface area (TPSA) is 66.0 Å². The van der Waals surface area contributed by atoms with Crippen LogP contribution in [0.15, 0.2) is 12.3 Å². The maximum atomic E-state index is 5.82. The van der Waals surface area contributed by atoms with Crippen molar-refractivity contribution in [3.63, 3.8) is 0 Å². The van der Waals surface area contributed by atoms with Crippen molar-refractivity contribution in [2.45, 2.75) is 32.4 Å². The van der Waals surface area contributed by atoms with Gasteiger partial charge in [-0.2, -0.15) is 4.98 Å². The summed E-state index contributed by atoms with van der Waals surface area (Å²) in [5.74, 6) is 0.399. The lowest BCUT2D eigenvalue weighted by Crippen LogP contribution is -2.22. The summed E-state index contributed by atoms with van der Waals surface area (Å²) < 4.78 is 7.59. The molecular weight excluding hydrogens is 280 g/mol. The third-order valence-corrected chi connectivity index (χ3v) is 4.72. The van der Waals surface area contributed by atoms with E-state index in [1.54, 1.807) is 0 Å². The van der Waals surface area contributed by atoms with Crippen molar-refractivity contribution in [3.05, 3.63) is 17.5 Å². The van der Waals surface area contributed by atoms with Crippen LogP contribution in [0.25, 0.3) is 11.0 Å². The quantitative estimate of drug-likeness (QED) is 0.523. The van der Waals surface area contributed by atoms with Gasteiger partial charge in [0.25, 0.3) is 0 Å². The Hall–Kier alpha value is -1.11. The average Bonchev–Trinajstić information content (AvgIpc) is 2.66. The molecule has 0 aliphatic heterocycles. The molecule has 0 spiro atoms. The van der Waals surface area contributed by atoms with E-state index < -0.39 is 8.07 Å². The molecule has 0 aliphatic rings. The van der Waals surface area contributed by atoms with E-state index in [1.807, 2.05) is 16.8 Å². The number of fused-ring (bicyclic) bond motifs is 1. The average molecular weight is 299 g/mol. The maximum absolute atomic E-state index is 5.82. The van der Waals surface area contributed by atoms with Gasteiger partial charge in [-0.3, -0.25) is 0 Å². The number of hydrogen-bond donors (Lipinski definition) is 1. The van der Waals surface area contributed by atoms with E-state index in [-0.39, 0.29) is 5.28 Å². The molecule has 0 amide bonds. The van der Waals surface area contributed by atoms with Crippen molar-refractivity contribution in [3.8, 4) is 0 Å². The summed E-state index contributed by atoms with van der Waals surface area (Å²) in [5, 5.41) is 0.963. The highest BCUT2D eigenvalue weighted by atomic mass is 35.5. The third-order valence-electron chi connectivity index (χ3n) is 2.85. The van der Waals surface area contributed by atoms with E-state index >= 15 is 0 Å². The van der Waals surface area contributed by atoms with Crippen molar-refractivity contribution < 1.29 is 4.74 Å². The minimum absolute atomic E-state index is 0.159. The maximum Gasteiger partial charge on any atom is 0.226 e. The predicted molar refractivity (Wildman–Crippen MR) is 81.1 cm³/mol. The van der Waals surface area contributed by atoms with Crippen LogP contribution in [0.3, 0.4) is 0 Å². The zero-order valence-corrected chi connectivity index (χ0v) is 13.2. The fourth-order valence-electron chi connectivity index (χ4n) is 1.71. The van der Waals surface area contributed by atoms with Gasteiger partial charge in [-0.1, -0.05) is 19.6 Å². The number of nitrogen functional groups attached to an aromatic ring is 1. The molecule has 0 saturated carbocycles. The smallest absolute Gasteiger partial charge is 0.226 e. The van der Waals surface area contributed by atoms with Crippen LogP contribution in [0.5, 0.6) is 0 Å². The molecule has 0 fully saturated rings. The first-order valence-corrected chi connectivity index (χ1v) is 10.3. The lowest BCUT2D eigenvalue weighted by molar-refractivity contribution is 0.0899. The van der Waals surface area contributed by atoms with Gasteiger partial charge >= 0.3 is 0 Å². The van der Waals surface area contributed by atoms with Crippen LogP contribution >= 0.6 is 11.6 Å². The summed E-state index contributed by atoms with van der Waals surface area (Å²) in [7, 11) is -1.05. The lowest BCUT2D eigenvalue weighted by Gasteiger charge is -2.15. The molecule has 0 atom stereocenters. The van der Waals surface area contributed by atoms with Crippen LogP contribution in [0, 0.1) is 0 Å². The Labute approximate surface area is 118 Å². The largest absolute Gasteiger partial charge is 0.383 e. The number of anilines is 1. The van der Waals surface area contributed by atoms with E-state index in [4.69, 9.17) is 22.1 Å². The fraction of sp³-hybridized carbons (Fsp3) is 0.500. The van der Waals surface area contributed by atoms with Gasteiger partial charge in [-0.15, -0.1) is 0 Å². The number of rotatable bonds is 5. The lowest BCUT2D eigenvalue weighted by atomic mass is 10.4. The molecule has 0 saturated heterocycles. The molecule has 0 aromatic carbocycles. The highest BCUT2D eigenvalue weighted by molar-refractivity contribution is 6.76. The van der Waals surface area contributed by atoms with E-state index in [9.17, 15) is 0 Å². The Morgan fingerprint density at radius 3 is 2.79 bits per heavy atom. The second-order valence-electron chi connectivity index (χ2n) is 5.75. The Balaban J connectivity index is 2.05. The summed E-state index contributed by atoms with van der Waals surface area (Å²) in [5.41, 5.74) is 6.51. The second kappa shape index (κ2) is 5.48. The van der Waals surface area contributed by atoms with Gasteiger partial charge in [0.2, 0.25) is 5.28 Å². The minimum Gasteiger partial charge on any atom is -0.383 e. The van der Waals surface area contributed by atoms with Crippen molar-refractivity contribution in [1.82, 2.24) is 14.5 Å². The van der Waals surface area contributed by atoms with Crippen LogP contribution in [0.4, 0.5) is 5.82 Å². The molecule has 104 valence electrons. The molecule has 2 aromatic heterocycles. The van der Waals surface area contributed by atoms with Gasteiger partial charge < -0.3 is 15.0 Å². The van der Waals surface area contributed by atoms with Gasteiger partial charge in [0.05, 0.1) is 5.39 Å². The van der Waals surface area contributed by atoms with Gasteiger partial charge in [0.15, 0.2) is 0 Å². The van der Waals surface area contributed by atoms with Gasteiger partial charge in [0, 0.05) is 20.9 Å². The highest BCUT2D eigenvalue weighted by Gasteiger charge is 2.13. The monoisotopic (exact) mass is 298 g/mol. The standard InChI is InChI=1S/C12H19ClN4OSi/c1-19(2,3)7-6-18-8-17-5-4-9-10(14)15-12(13)16-11(9)17/h4-5H,6-8H2,1-3H3,(H2,14,15,16). The Kier molecular flexibility index (Phi) is 4.12. The number of nitrogens with zero attached hydrogens (tertiary/aromatic N) is 3. The van der Waals surface area contributed by atoms with Gasteiger partial charge in [-0.05, 0) is 23.7 Å². The highest BCUT2D eigenvalue weighted by Crippen LogP contribution is 2.20. The first kappa shape index (κ1) is 14.3. The molecular formula is C12H19ClN4OSi. The summed E-state index contributed by atoms with van der Waals surface area (Å²) in [6, 6.07) is 3.02. The molecule has 0 radical (unpaired) electrons. The number of aromatic nitrogens is 3. The molecule has 7 heteroatoms. The molecule has 2 rings (SSSR count). The van der Waals surface area contributed by atoms with Gasteiger partial charge in [-0.25, -0.2) is 4.98 Å². The first-order chi connectivity index (χ1) is 8.87. The van der Waals surface area contributed by atoms with Crippen LogP contribution in [-0.2, 0) is 11.5 Å². The number of nitrogens with two attached hydrogens (primary N) is 1. The fourth-order valence-corrected chi connectivity index (χ4v) is 2.63. The third kappa shape index (κ3) is 3.68. The molecule has 19 heavy (non-hydrogen) atoms. The zero-order chi connectivity index (χ0) is 14.0. The van der Waals surface area contributed by atoms with Crippen molar-refractivity contribution in [1.29, 1.82) is 0 Å². The Morgan fingerprint density at radius 2 is 2.11 bits per heavy atom. The SMILES string of the molecule is C[Si](C)(C)CCOCn1ccc2c(N)nc(Cl)nc21. The van der Waals surface area contributed by atoms with Crippen LogP contribution in [-0.4, -0.2) is 29.2 Å². The number of ether oxygens (including phenoxy) is 1. The van der Waals surface area contributed by atoms with Gasteiger partial charge in [0.1, 0.15) is 18.2 Å². The van der Waals surface area contributed by atoms with Crippen LogP contribution in [0.2, 0.25) is 31.0 Å². The molecule has 0 unspecified atom stereocenters. The van der Waals surface area contributed by atoms with E-state index in [2.05, 4.69) is 29.6 Å². The molecule has 0 aliphatic carbocycles. The Morgan fingerprint density at radius 1 is 1.37 bits per heavy atom. The van der Waals surface area contributed by atoms with Crippen LogP contribution in [0.1, 0.15) is 0 Å². The summed E-state index contributed by atoms with van der Waals surface area (Å²) in [4.78, 5) is 8.12. The van der Waals surface area contributed by atoms with E-state index in [0.717, 1.165) is 18.0 Å². The zero-order valence-electron chi connectivity index (χ0n) is 11.5. The van der Waals surface area contributed by atoms with E-state index in [1.165, 1.54) is 0 Å². The molecule has 0 bridgehead atoms. The minimum atomic E-state index is -1.05. The molecule has 2 N–H and O–H groups in total. The summed E-state index contributed by atoms with van der Waals surface area (Å²) >= 11 is 5.82. The summed E-state index contributed by atoms with van der Waals surface area (Å²) in [6.07, 6.45) is 1.89. The number of hydrogen-bond acceptors (Lipinski definition) is 4. The molecule has 2 aromatic rings. The number of halogens is 1. The normalized spacial score (nSPS) is 12.2. The summed E-state index contributed by atoms with van der Waals surface area (Å²) in [6.45, 7) is 8.21. The van der Waals surface area contributed by atoms with Crippen molar-refractivity contribution >= 4 is 36.5 Å². The van der Waals surface area contributed by atoms with E-state index in [0.29, 0.717) is 18.2 Å². The Bertz CT molecular complexity index is 579. The molecule has 2 heterocycles.